The van der Waals surface area contributed by atoms with E-state index in [1.807, 2.05) is 12.1 Å². The van der Waals surface area contributed by atoms with Crippen molar-refractivity contribution in [2.24, 2.45) is 10.4 Å². The standard InChI is InChI=1S/C18H30ClN5O.HI/c1-18(2,3)15(25-5)11-22-17(20-4)23-13-8-10-24(12-13)16-14(19)7-6-9-21-16;/h6-7,9,13,15H,8,10-12H2,1-5H3,(H2,20,22,23);1H. The topological polar surface area (TPSA) is 61.8 Å². The fourth-order valence-corrected chi connectivity index (χ4v) is 3.24. The first-order chi connectivity index (χ1) is 11.8. The van der Waals surface area contributed by atoms with Crippen LogP contribution in [-0.4, -0.2) is 56.9 Å². The SMILES string of the molecule is CN=C(NCC(OC)C(C)(C)C)NC1CCN(c2ncccc2Cl)C1.I. The first-order valence-corrected chi connectivity index (χ1v) is 9.08. The van der Waals surface area contributed by atoms with Crippen LogP contribution in [0.4, 0.5) is 5.82 Å². The number of methoxy groups -OCH3 is 1. The lowest BCUT2D eigenvalue weighted by Crippen LogP contribution is -2.48. The third-order valence-electron chi connectivity index (χ3n) is 4.50. The Balaban J connectivity index is 0.00000338. The molecule has 0 bridgehead atoms. The molecule has 1 fully saturated rings. The highest BCUT2D eigenvalue weighted by atomic mass is 127. The molecule has 1 aliphatic heterocycles. The maximum Gasteiger partial charge on any atom is 0.191 e. The Labute approximate surface area is 179 Å². The number of ether oxygens (including phenoxy) is 1. The number of rotatable bonds is 5. The van der Waals surface area contributed by atoms with E-state index in [2.05, 4.69) is 46.3 Å². The zero-order valence-corrected chi connectivity index (χ0v) is 19.3. The van der Waals surface area contributed by atoms with E-state index in [1.165, 1.54) is 0 Å². The molecule has 148 valence electrons. The zero-order chi connectivity index (χ0) is 18.4. The molecule has 8 heteroatoms. The summed E-state index contributed by atoms with van der Waals surface area (Å²) in [6.45, 7) is 9.00. The molecule has 2 atom stereocenters. The Hall–Kier alpha value is -0.800. The molecular formula is C18H31ClIN5O. The normalized spacial score (nSPS) is 19.1. The van der Waals surface area contributed by atoms with Gasteiger partial charge >= 0.3 is 0 Å². The first-order valence-electron chi connectivity index (χ1n) is 8.70. The van der Waals surface area contributed by atoms with Crippen LogP contribution in [0.15, 0.2) is 23.3 Å². The smallest absolute Gasteiger partial charge is 0.191 e. The maximum atomic E-state index is 6.25. The van der Waals surface area contributed by atoms with Gasteiger partial charge in [-0.25, -0.2) is 4.98 Å². The molecule has 0 aromatic carbocycles. The molecule has 0 saturated carbocycles. The molecule has 0 amide bonds. The number of nitrogens with zero attached hydrogens (tertiary/aromatic N) is 3. The van der Waals surface area contributed by atoms with Gasteiger partial charge < -0.3 is 20.3 Å². The molecule has 2 N–H and O–H groups in total. The molecule has 2 rings (SSSR count). The van der Waals surface area contributed by atoms with Gasteiger partial charge in [-0.3, -0.25) is 4.99 Å². The Kier molecular flexibility index (Phi) is 9.40. The number of hydrogen-bond acceptors (Lipinski definition) is 4. The summed E-state index contributed by atoms with van der Waals surface area (Å²) < 4.78 is 5.59. The van der Waals surface area contributed by atoms with Gasteiger partial charge in [-0.1, -0.05) is 32.4 Å². The van der Waals surface area contributed by atoms with Gasteiger partial charge in [-0.2, -0.15) is 0 Å². The van der Waals surface area contributed by atoms with Gasteiger partial charge in [0.2, 0.25) is 0 Å². The summed E-state index contributed by atoms with van der Waals surface area (Å²) in [4.78, 5) is 10.9. The molecule has 1 aliphatic rings. The molecule has 6 nitrogen and oxygen atoms in total. The summed E-state index contributed by atoms with van der Waals surface area (Å²) in [7, 11) is 3.54. The van der Waals surface area contributed by atoms with Crippen LogP contribution in [0.25, 0.3) is 0 Å². The van der Waals surface area contributed by atoms with Gasteiger partial charge in [0.15, 0.2) is 5.96 Å². The van der Waals surface area contributed by atoms with E-state index in [1.54, 1.807) is 20.4 Å². The number of pyridine rings is 1. The predicted octanol–water partition coefficient (Wildman–Crippen LogP) is 3.16. The number of aromatic nitrogens is 1. The van der Waals surface area contributed by atoms with Gasteiger partial charge in [0, 0.05) is 46.0 Å². The van der Waals surface area contributed by atoms with Crippen molar-refractivity contribution in [1.29, 1.82) is 0 Å². The summed E-state index contributed by atoms with van der Waals surface area (Å²) in [6.07, 6.45) is 2.90. The van der Waals surface area contributed by atoms with Crippen LogP contribution in [0.5, 0.6) is 0 Å². The van der Waals surface area contributed by atoms with Crippen molar-refractivity contribution >= 4 is 47.4 Å². The number of hydrogen-bond donors (Lipinski definition) is 2. The van der Waals surface area contributed by atoms with Crippen molar-refractivity contribution in [2.75, 3.05) is 38.7 Å². The lowest BCUT2D eigenvalue weighted by molar-refractivity contribution is 0.0205. The van der Waals surface area contributed by atoms with E-state index in [-0.39, 0.29) is 35.5 Å². The van der Waals surface area contributed by atoms with Gasteiger partial charge in [0.25, 0.3) is 0 Å². The fourth-order valence-electron chi connectivity index (χ4n) is 3.00. The summed E-state index contributed by atoms with van der Waals surface area (Å²) in [5.41, 5.74) is 0.0699. The van der Waals surface area contributed by atoms with E-state index >= 15 is 0 Å². The molecule has 2 heterocycles. The minimum Gasteiger partial charge on any atom is -0.379 e. The highest BCUT2D eigenvalue weighted by Crippen LogP contribution is 2.25. The molecule has 1 saturated heterocycles. The first kappa shape index (κ1) is 23.2. The van der Waals surface area contributed by atoms with Crippen molar-refractivity contribution in [3.8, 4) is 0 Å². The summed E-state index contributed by atoms with van der Waals surface area (Å²) in [5.74, 6) is 1.65. The number of anilines is 1. The summed E-state index contributed by atoms with van der Waals surface area (Å²) >= 11 is 6.25. The van der Waals surface area contributed by atoms with E-state index in [9.17, 15) is 0 Å². The highest BCUT2D eigenvalue weighted by Gasteiger charge is 2.27. The average molecular weight is 496 g/mol. The van der Waals surface area contributed by atoms with Crippen LogP contribution in [-0.2, 0) is 4.74 Å². The number of aliphatic imine (C=N–C) groups is 1. The van der Waals surface area contributed by atoms with Crippen LogP contribution >= 0.6 is 35.6 Å². The second-order valence-corrected chi connectivity index (χ2v) is 7.84. The molecule has 0 radical (unpaired) electrons. The van der Waals surface area contributed by atoms with Gasteiger partial charge in [-0.05, 0) is 24.0 Å². The van der Waals surface area contributed by atoms with E-state index in [0.717, 1.165) is 31.3 Å². The highest BCUT2D eigenvalue weighted by molar-refractivity contribution is 14.0. The molecule has 2 unspecified atom stereocenters. The van der Waals surface area contributed by atoms with Crippen molar-refractivity contribution < 1.29 is 4.74 Å². The Morgan fingerprint density at radius 1 is 1.50 bits per heavy atom. The molecule has 0 aliphatic carbocycles. The number of nitrogens with one attached hydrogen (secondary N) is 2. The van der Waals surface area contributed by atoms with Gasteiger partial charge in [0.05, 0.1) is 11.1 Å². The fraction of sp³-hybridized carbons (Fsp3) is 0.667. The Morgan fingerprint density at radius 3 is 2.81 bits per heavy atom. The van der Waals surface area contributed by atoms with Crippen LogP contribution in [0.3, 0.4) is 0 Å². The maximum absolute atomic E-state index is 6.25. The average Bonchev–Trinajstić information content (AvgIpc) is 3.01. The molecule has 1 aromatic rings. The number of guanidine groups is 1. The van der Waals surface area contributed by atoms with Crippen LogP contribution < -0.4 is 15.5 Å². The largest absolute Gasteiger partial charge is 0.379 e. The Bertz CT molecular complexity index is 593. The predicted molar refractivity (Wildman–Crippen MR) is 120 cm³/mol. The number of halogens is 2. The minimum atomic E-state index is 0. The molecular weight excluding hydrogens is 465 g/mol. The second kappa shape index (κ2) is 10.5. The van der Waals surface area contributed by atoms with Gasteiger partial charge in [-0.15, -0.1) is 24.0 Å². The van der Waals surface area contributed by atoms with Gasteiger partial charge in [0.1, 0.15) is 5.82 Å². The van der Waals surface area contributed by atoms with Crippen molar-refractivity contribution in [3.63, 3.8) is 0 Å². The van der Waals surface area contributed by atoms with E-state index in [0.29, 0.717) is 17.6 Å². The van der Waals surface area contributed by atoms with Crippen LogP contribution in [0.1, 0.15) is 27.2 Å². The summed E-state index contributed by atoms with van der Waals surface area (Å²) in [6, 6.07) is 4.03. The van der Waals surface area contributed by atoms with Crippen molar-refractivity contribution in [1.82, 2.24) is 15.6 Å². The monoisotopic (exact) mass is 495 g/mol. The lowest BCUT2D eigenvalue weighted by Gasteiger charge is -2.30. The second-order valence-electron chi connectivity index (χ2n) is 7.43. The van der Waals surface area contributed by atoms with E-state index in [4.69, 9.17) is 16.3 Å². The van der Waals surface area contributed by atoms with E-state index < -0.39 is 0 Å². The van der Waals surface area contributed by atoms with Crippen LogP contribution in [0.2, 0.25) is 5.02 Å². The molecule has 26 heavy (non-hydrogen) atoms. The quantitative estimate of drug-likeness (QED) is 0.373. The minimum absolute atomic E-state index is 0. The third kappa shape index (κ3) is 6.42. The van der Waals surface area contributed by atoms with Crippen molar-refractivity contribution in [2.45, 2.75) is 39.3 Å². The molecule has 0 spiro atoms. The Morgan fingerprint density at radius 2 is 2.23 bits per heavy atom. The van der Waals surface area contributed by atoms with Crippen LogP contribution in [0, 0.1) is 5.41 Å². The molecule has 1 aromatic heterocycles. The zero-order valence-electron chi connectivity index (χ0n) is 16.3. The third-order valence-corrected chi connectivity index (χ3v) is 4.79. The van der Waals surface area contributed by atoms with Crippen molar-refractivity contribution in [3.05, 3.63) is 23.4 Å². The lowest BCUT2D eigenvalue weighted by atomic mass is 9.89. The summed E-state index contributed by atoms with van der Waals surface area (Å²) in [5, 5.41) is 7.55.